The smallest absolute Gasteiger partial charge is 0.337 e. The Labute approximate surface area is 204 Å². The number of nitrogens with one attached hydrogen (secondary N) is 1. The van der Waals surface area contributed by atoms with E-state index in [2.05, 4.69) is 22.2 Å². The largest absolute Gasteiger partial charge is 0.507 e. The first-order chi connectivity index (χ1) is 16.9. The van der Waals surface area contributed by atoms with Gasteiger partial charge in [0.05, 0.1) is 16.8 Å². The number of hydrogen-bond donors (Lipinski definition) is 3. The van der Waals surface area contributed by atoms with Gasteiger partial charge in [-0.15, -0.1) is 0 Å². The summed E-state index contributed by atoms with van der Waals surface area (Å²) >= 11 is 0. The number of piperazine rings is 1. The normalized spacial score (nSPS) is 14.4. The van der Waals surface area contributed by atoms with Crippen molar-refractivity contribution in [3.63, 3.8) is 0 Å². The number of benzene rings is 3. The van der Waals surface area contributed by atoms with E-state index in [-0.39, 0.29) is 22.6 Å². The van der Waals surface area contributed by atoms with Crippen LogP contribution in [0.2, 0.25) is 0 Å². The molecule has 8 heteroatoms. The molecule has 0 unspecified atom stereocenters. The standard InChI is InChI=1S/C27H29N3O5/c1-29-11-13-30(14-12-29)15-16-35-21-8-10-23(25(31)18-21)26(32)28-24-17-20(7-9-22(24)27(33)34)19-5-3-2-4-6-19/h2-10,17-18,31H,11-16H2,1H3,(H,28,32)(H,33,34). The predicted octanol–water partition coefficient (Wildman–Crippen LogP) is 3.64. The molecule has 0 atom stereocenters. The maximum atomic E-state index is 12.9. The fraction of sp³-hybridized carbons (Fsp3) is 0.259. The van der Waals surface area contributed by atoms with Crippen LogP contribution < -0.4 is 10.1 Å². The molecule has 1 amide bonds. The van der Waals surface area contributed by atoms with Crippen LogP contribution in [0.15, 0.2) is 66.7 Å². The molecular formula is C27H29N3O5. The van der Waals surface area contributed by atoms with Crippen molar-refractivity contribution in [1.29, 1.82) is 0 Å². The van der Waals surface area contributed by atoms with E-state index in [9.17, 15) is 19.8 Å². The van der Waals surface area contributed by atoms with Gasteiger partial charge in [-0.1, -0.05) is 36.4 Å². The number of carbonyl (C=O) groups excluding carboxylic acids is 1. The van der Waals surface area contributed by atoms with Crippen molar-refractivity contribution in [3.8, 4) is 22.6 Å². The van der Waals surface area contributed by atoms with Gasteiger partial charge in [-0.2, -0.15) is 0 Å². The minimum Gasteiger partial charge on any atom is -0.507 e. The first-order valence-corrected chi connectivity index (χ1v) is 11.5. The number of carboxylic acid groups (broad SMARTS) is 1. The summed E-state index contributed by atoms with van der Waals surface area (Å²) < 4.78 is 5.76. The van der Waals surface area contributed by atoms with Crippen molar-refractivity contribution in [3.05, 3.63) is 77.9 Å². The topological polar surface area (TPSA) is 102 Å². The van der Waals surface area contributed by atoms with Gasteiger partial charge in [0.2, 0.25) is 0 Å². The first-order valence-electron chi connectivity index (χ1n) is 11.5. The molecule has 1 saturated heterocycles. The summed E-state index contributed by atoms with van der Waals surface area (Å²) in [6.07, 6.45) is 0. The van der Waals surface area contributed by atoms with E-state index in [4.69, 9.17) is 4.74 Å². The summed E-state index contributed by atoms with van der Waals surface area (Å²) in [6.45, 7) is 5.31. The van der Waals surface area contributed by atoms with E-state index >= 15 is 0 Å². The van der Waals surface area contributed by atoms with Gasteiger partial charge in [0.25, 0.3) is 5.91 Å². The molecule has 0 radical (unpaired) electrons. The van der Waals surface area contributed by atoms with E-state index in [1.807, 2.05) is 30.3 Å². The Morgan fingerprint density at radius 3 is 2.31 bits per heavy atom. The molecule has 1 aliphatic rings. The second kappa shape index (κ2) is 11.0. The maximum Gasteiger partial charge on any atom is 0.337 e. The molecule has 3 aromatic carbocycles. The van der Waals surface area contributed by atoms with Crippen LogP contribution in [0.1, 0.15) is 20.7 Å². The van der Waals surface area contributed by atoms with Crippen molar-refractivity contribution < 1.29 is 24.5 Å². The third kappa shape index (κ3) is 6.17. The molecule has 1 heterocycles. The summed E-state index contributed by atoms with van der Waals surface area (Å²) in [5, 5.41) is 22.7. The Kier molecular flexibility index (Phi) is 7.64. The number of likely N-dealkylation sites (N-methyl/N-ethyl adjacent to an activating group) is 1. The van der Waals surface area contributed by atoms with Crippen molar-refractivity contribution in [2.75, 3.05) is 51.7 Å². The highest BCUT2D eigenvalue weighted by Gasteiger charge is 2.18. The van der Waals surface area contributed by atoms with Crippen molar-refractivity contribution >= 4 is 17.6 Å². The van der Waals surface area contributed by atoms with E-state index < -0.39 is 11.9 Å². The lowest BCUT2D eigenvalue weighted by atomic mass is 10.0. The number of aromatic carboxylic acids is 1. The number of anilines is 1. The molecule has 0 bridgehead atoms. The molecule has 0 saturated carbocycles. The summed E-state index contributed by atoms with van der Waals surface area (Å²) in [7, 11) is 2.11. The monoisotopic (exact) mass is 475 g/mol. The molecule has 8 nitrogen and oxygen atoms in total. The zero-order valence-corrected chi connectivity index (χ0v) is 19.6. The van der Waals surface area contributed by atoms with Crippen LogP contribution in [0.4, 0.5) is 5.69 Å². The third-order valence-electron chi connectivity index (χ3n) is 6.09. The van der Waals surface area contributed by atoms with Crippen LogP contribution in [0.25, 0.3) is 11.1 Å². The van der Waals surface area contributed by atoms with E-state index in [0.717, 1.165) is 43.9 Å². The average Bonchev–Trinajstić information content (AvgIpc) is 2.85. The summed E-state index contributed by atoms with van der Waals surface area (Å²) in [6, 6.07) is 18.7. The Hall–Kier alpha value is -3.88. The van der Waals surface area contributed by atoms with Crippen molar-refractivity contribution in [1.82, 2.24) is 9.80 Å². The lowest BCUT2D eigenvalue weighted by molar-refractivity contribution is 0.0698. The predicted molar refractivity (Wildman–Crippen MR) is 134 cm³/mol. The highest BCUT2D eigenvalue weighted by Crippen LogP contribution is 2.28. The SMILES string of the molecule is CN1CCN(CCOc2ccc(C(=O)Nc3cc(-c4ccccc4)ccc3C(=O)O)c(O)c2)CC1. The van der Waals surface area contributed by atoms with Crippen molar-refractivity contribution in [2.24, 2.45) is 0 Å². The van der Waals surface area contributed by atoms with Gasteiger partial charge in [-0.25, -0.2) is 4.79 Å². The van der Waals surface area contributed by atoms with Gasteiger partial charge in [-0.3, -0.25) is 9.69 Å². The number of nitrogens with zero attached hydrogens (tertiary/aromatic N) is 2. The highest BCUT2D eigenvalue weighted by molar-refractivity contribution is 6.09. The maximum absolute atomic E-state index is 12.9. The fourth-order valence-corrected chi connectivity index (χ4v) is 3.99. The second-order valence-electron chi connectivity index (χ2n) is 8.56. The Morgan fingerprint density at radius 1 is 0.914 bits per heavy atom. The zero-order chi connectivity index (χ0) is 24.8. The van der Waals surface area contributed by atoms with E-state index in [1.165, 1.54) is 18.2 Å². The molecule has 35 heavy (non-hydrogen) atoms. The third-order valence-corrected chi connectivity index (χ3v) is 6.09. The van der Waals surface area contributed by atoms with Gasteiger partial charge in [-0.05, 0) is 42.4 Å². The summed E-state index contributed by atoms with van der Waals surface area (Å²) in [5.41, 5.74) is 1.79. The van der Waals surface area contributed by atoms with E-state index in [1.54, 1.807) is 18.2 Å². The molecule has 4 rings (SSSR count). The van der Waals surface area contributed by atoms with Crippen LogP contribution in [-0.2, 0) is 0 Å². The number of amides is 1. The fourth-order valence-electron chi connectivity index (χ4n) is 3.99. The Morgan fingerprint density at radius 2 is 1.63 bits per heavy atom. The quantitative estimate of drug-likeness (QED) is 0.457. The van der Waals surface area contributed by atoms with Crippen LogP contribution >= 0.6 is 0 Å². The molecular weight excluding hydrogens is 446 g/mol. The average molecular weight is 476 g/mol. The number of ether oxygens (including phenoxy) is 1. The van der Waals surface area contributed by atoms with Gasteiger partial charge in [0.1, 0.15) is 18.1 Å². The number of carbonyl (C=O) groups is 2. The summed E-state index contributed by atoms with van der Waals surface area (Å²) in [4.78, 5) is 29.2. The number of phenolic OH excluding ortho intramolecular Hbond substituents is 1. The first kappa shape index (κ1) is 24.3. The van der Waals surface area contributed by atoms with Crippen LogP contribution in [-0.4, -0.2) is 78.3 Å². The minimum absolute atomic E-state index is 0.0258. The van der Waals surface area contributed by atoms with Gasteiger partial charge in [0, 0.05) is 38.8 Å². The Balaban J connectivity index is 1.43. The number of phenols is 1. The van der Waals surface area contributed by atoms with Gasteiger partial charge in [0.15, 0.2) is 0 Å². The molecule has 0 spiro atoms. The second-order valence-corrected chi connectivity index (χ2v) is 8.56. The van der Waals surface area contributed by atoms with Crippen molar-refractivity contribution in [2.45, 2.75) is 0 Å². The molecule has 0 aliphatic carbocycles. The lowest BCUT2D eigenvalue weighted by Gasteiger charge is -2.32. The minimum atomic E-state index is -1.16. The lowest BCUT2D eigenvalue weighted by Crippen LogP contribution is -2.45. The summed E-state index contributed by atoms with van der Waals surface area (Å²) in [5.74, 6) is -1.55. The van der Waals surface area contributed by atoms with Crippen LogP contribution in [0.3, 0.4) is 0 Å². The molecule has 1 fully saturated rings. The van der Waals surface area contributed by atoms with E-state index in [0.29, 0.717) is 12.4 Å². The highest BCUT2D eigenvalue weighted by atomic mass is 16.5. The zero-order valence-electron chi connectivity index (χ0n) is 19.6. The Bertz CT molecular complexity index is 1190. The number of hydrogen-bond acceptors (Lipinski definition) is 6. The number of carboxylic acids is 1. The number of aromatic hydroxyl groups is 1. The van der Waals surface area contributed by atoms with Gasteiger partial charge < -0.3 is 25.2 Å². The van der Waals surface area contributed by atoms with Gasteiger partial charge >= 0.3 is 5.97 Å². The molecule has 182 valence electrons. The van der Waals surface area contributed by atoms with Crippen LogP contribution in [0, 0.1) is 0 Å². The molecule has 3 N–H and O–H groups in total. The molecule has 3 aromatic rings. The van der Waals surface area contributed by atoms with Crippen LogP contribution in [0.5, 0.6) is 11.5 Å². The molecule has 0 aromatic heterocycles. The number of rotatable bonds is 8. The molecule has 1 aliphatic heterocycles.